The zero-order valence-electron chi connectivity index (χ0n) is 10.5. The second kappa shape index (κ2) is 6.61. The fourth-order valence-electron chi connectivity index (χ4n) is 1.24. The Morgan fingerprint density at radius 2 is 2.12 bits per heavy atom. The van der Waals surface area contributed by atoms with Gasteiger partial charge in [-0.1, -0.05) is 13.8 Å². The number of anilines is 2. The summed E-state index contributed by atoms with van der Waals surface area (Å²) in [6.45, 7) is 8.02. The molecule has 6 heteroatoms. The third kappa shape index (κ3) is 4.75. The van der Waals surface area contributed by atoms with Gasteiger partial charge in [0, 0.05) is 13.2 Å². The number of aryl methyl sites for hydroxylation is 1. The second-order valence-electron chi connectivity index (χ2n) is 4.24. The van der Waals surface area contributed by atoms with Crippen LogP contribution in [0.3, 0.4) is 0 Å². The fraction of sp³-hybridized carbons (Fsp3) is 0.636. The molecule has 0 spiro atoms. The normalized spacial score (nSPS) is 10.9. The number of hydrogen-bond acceptors (Lipinski definition) is 5. The van der Waals surface area contributed by atoms with Crippen molar-refractivity contribution in [2.75, 3.05) is 30.8 Å². The van der Waals surface area contributed by atoms with Gasteiger partial charge >= 0.3 is 0 Å². The van der Waals surface area contributed by atoms with Crippen LogP contribution in [0.1, 0.15) is 19.5 Å². The number of nitrogens with zero attached hydrogens (tertiary/aromatic N) is 2. The number of nitrogen functional groups attached to an aromatic ring is 1. The standard InChI is InChI=1S/C11H19ClN4O/c1-7(2)6-17-5-4-14-10-9(13)8(3)15-11(12)16-10/h7H,4-6,13H2,1-3H3,(H,14,15,16). The van der Waals surface area contributed by atoms with Crippen molar-refractivity contribution in [3.8, 4) is 0 Å². The molecule has 0 aliphatic heterocycles. The van der Waals surface area contributed by atoms with Gasteiger partial charge in [-0.3, -0.25) is 0 Å². The Labute approximate surface area is 107 Å². The van der Waals surface area contributed by atoms with Gasteiger partial charge in [-0.15, -0.1) is 0 Å². The Kier molecular flexibility index (Phi) is 5.44. The van der Waals surface area contributed by atoms with E-state index in [-0.39, 0.29) is 5.28 Å². The molecule has 3 N–H and O–H groups in total. The molecule has 0 fully saturated rings. The quantitative estimate of drug-likeness (QED) is 0.604. The van der Waals surface area contributed by atoms with Crippen LogP contribution in [-0.2, 0) is 4.74 Å². The highest BCUT2D eigenvalue weighted by atomic mass is 35.5. The van der Waals surface area contributed by atoms with Gasteiger partial charge in [-0.2, -0.15) is 4.98 Å². The van der Waals surface area contributed by atoms with Crippen LogP contribution >= 0.6 is 11.6 Å². The smallest absolute Gasteiger partial charge is 0.224 e. The molecule has 1 heterocycles. The topological polar surface area (TPSA) is 73.1 Å². The lowest BCUT2D eigenvalue weighted by Crippen LogP contribution is -2.14. The van der Waals surface area contributed by atoms with Gasteiger partial charge in [0.25, 0.3) is 0 Å². The SMILES string of the molecule is Cc1nc(Cl)nc(NCCOCC(C)C)c1N. The number of hydrogen-bond donors (Lipinski definition) is 2. The summed E-state index contributed by atoms with van der Waals surface area (Å²) in [7, 11) is 0. The lowest BCUT2D eigenvalue weighted by Gasteiger charge is -2.11. The Morgan fingerprint density at radius 1 is 1.41 bits per heavy atom. The van der Waals surface area contributed by atoms with E-state index in [2.05, 4.69) is 29.1 Å². The van der Waals surface area contributed by atoms with E-state index in [9.17, 15) is 0 Å². The lowest BCUT2D eigenvalue weighted by molar-refractivity contribution is 0.118. The molecular formula is C11H19ClN4O. The molecule has 0 aromatic carbocycles. The molecule has 0 saturated carbocycles. The maximum atomic E-state index is 5.83. The van der Waals surface area contributed by atoms with E-state index in [1.54, 1.807) is 6.92 Å². The van der Waals surface area contributed by atoms with E-state index < -0.39 is 0 Å². The monoisotopic (exact) mass is 258 g/mol. The molecule has 1 aromatic heterocycles. The maximum Gasteiger partial charge on any atom is 0.224 e. The number of halogens is 1. The highest BCUT2D eigenvalue weighted by Crippen LogP contribution is 2.19. The van der Waals surface area contributed by atoms with Crippen molar-refractivity contribution in [1.29, 1.82) is 0 Å². The van der Waals surface area contributed by atoms with Crippen molar-refractivity contribution in [2.24, 2.45) is 5.92 Å². The van der Waals surface area contributed by atoms with E-state index in [1.165, 1.54) is 0 Å². The third-order valence-corrected chi connectivity index (χ3v) is 2.27. The third-order valence-electron chi connectivity index (χ3n) is 2.10. The van der Waals surface area contributed by atoms with Crippen molar-refractivity contribution in [3.05, 3.63) is 11.0 Å². The van der Waals surface area contributed by atoms with E-state index in [0.29, 0.717) is 36.3 Å². The predicted molar refractivity (Wildman–Crippen MR) is 70.3 cm³/mol. The first kappa shape index (κ1) is 14.0. The van der Waals surface area contributed by atoms with Gasteiger partial charge in [-0.25, -0.2) is 4.98 Å². The molecule has 5 nitrogen and oxygen atoms in total. The maximum absolute atomic E-state index is 5.83. The summed E-state index contributed by atoms with van der Waals surface area (Å²) in [5, 5.41) is 3.28. The summed E-state index contributed by atoms with van der Waals surface area (Å²) in [4.78, 5) is 7.99. The van der Waals surface area contributed by atoms with Crippen LogP contribution < -0.4 is 11.1 Å². The van der Waals surface area contributed by atoms with Crippen molar-refractivity contribution in [3.63, 3.8) is 0 Å². The summed E-state index contributed by atoms with van der Waals surface area (Å²) in [5.74, 6) is 1.10. The van der Waals surface area contributed by atoms with Crippen LogP contribution in [0.25, 0.3) is 0 Å². The molecule has 17 heavy (non-hydrogen) atoms. The van der Waals surface area contributed by atoms with Crippen LogP contribution in [-0.4, -0.2) is 29.7 Å². The molecule has 0 aliphatic rings. The summed E-state index contributed by atoms with van der Waals surface area (Å²) < 4.78 is 5.44. The van der Waals surface area contributed by atoms with Crippen molar-refractivity contribution >= 4 is 23.1 Å². The van der Waals surface area contributed by atoms with Gasteiger partial charge in [-0.05, 0) is 24.4 Å². The summed E-state index contributed by atoms with van der Waals surface area (Å²) >= 11 is 5.75. The van der Waals surface area contributed by atoms with Crippen LogP contribution in [0.15, 0.2) is 0 Å². The Morgan fingerprint density at radius 3 is 2.76 bits per heavy atom. The number of rotatable bonds is 6. The van der Waals surface area contributed by atoms with E-state index in [4.69, 9.17) is 22.1 Å². The molecule has 0 atom stereocenters. The highest BCUT2D eigenvalue weighted by molar-refractivity contribution is 6.28. The average Bonchev–Trinajstić information content (AvgIpc) is 2.23. The van der Waals surface area contributed by atoms with Crippen molar-refractivity contribution < 1.29 is 4.74 Å². The minimum Gasteiger partial charge on any atom is -0.394 e. The van der Waals surface area contributed by atoms with Crippen LogP contribution in [0.4, 0.5) is 11.5 Å². The zero-order chi connectivity index (χ0) is 12.8. The molecule has 1 rings (SSSR count). The predicted octanol–water partition coefficient (Wildman–Crippen LogP) is 2.11. The van der Waals surface area contributed by atoms with Gasteiger partial charge in [0.1, 0.15) is 0 Å². The molecule has 0 unspecified atom stereocenters. The van der Waals surface area contributed by atoms with E-state index >= 15 is 0 Å². The number of ether oxygens (including phenoxy) is 1. The summed E-state index contributed by atoms with van der Waals surface area (Å²) in [6.07, 6.45) is 0. The van der Waals surface area contributed by atoms with Crippen LogP contribution in [0.2, 0.25) is 5.28 Å². The van der Waals surface area contributed by atoms with Crippen molar-refractivity contribution in [2.45, 2.75) is 20.8 Å². The van der Waals surface area contributed by atoms with Gasteiger partial charge < -0.3 is 15.8 Å². The Bertz CT molecular complexity index is 371. The number of aromatic nitrogens is 2. The van der Waals surface area contributed by atoms with Gasteiger partial charge in [0.2, 0.25) is 5.28 Å². The summed E-state index contributed by atoms with van der Waals surface area (Å²) in [6, 6.07) is 0. The van der Waals surface area contributed by atoms with Crippen LogP contribution in [0, 0.1) is 12.8 Å². The Hall–Kier alpha value is -1.07. The second-order valence-corrected chi connectivity index (χ2v) is 4.57. The average molecular weight is 259 g/mol. The molecule has 0 saturated heterocycles. The Balaban J connectivity index is 2.41. The largest absolute Gasteiger partial charge is 0.394 e. The fourth-order valence-corrected chi connectivity index (χ4v) is 1.45. The minimum absolute atomic E-state index is 0.197. The molecule has 0 bridgehead atoms. The molecule has 0 amide bonds. The minimum atomic E-state index is 0.197. The lowest BCUT2D eigenvalue weighted by atomic mass is 10.2. The highest BCUT2D eigenvalue weighted by Gasteiger charge is 2.06. The van der Waals surface area contributed by atoms with E-state index in [1.807, 2.05) is 0 Å². The zero-order valence-corrected chi connectivity index (χ0v) is 11.2. The number of nitrogens with one attached hydrogen (secondary N) is 1. The van der Waals surface area contributed by atoms with Crippen LogP contribution in [0.5, 0.6) is 0 Å². The molecule has 96 valence electrons. The first-order valence-electron chi connectivity index (χ1n) is 5.62. The summed E-state index contributed by atoms with van der Waals surface area (Å²) in [5.41, 5.74) is 7.03. The first-order valence-corrected chi connectivity index (χ1v) is 5.99. The molecule has 1 aromatic rings. The molecule has 0 radical (unpaired) electrons. The number of nitrogens with two attached hydrogens (primary N) is 1. The van der Waals surface area contributed by atoms with Crippen molar-refractivity contribution in [1.82, 2.24) is 9.97 Å². The van der Waals surface area contributed by atoms with Gasteiger partial charge in [0.05, 0.1) is 18.0 Å². The molecular weight excluding hydrogens is 240 g/mol. The first-order chi connectivity index (χ1) is 8.00. The van der Waals surface area contributed by atoms with E-state index in [0.717, 1.165) is 6.61 Å². The molecule has 0 aliphatic carbocycles. The van der Waals surface area contributed by atoms with Gasteiger partial charge in [0.15, 0.2) is 5.82 Å².